The number of allylic oxidation sites excluding steroid dienone is 4. The van der Waals surface area contributed by atoms with Crippen molar-refractivity contribution < 1.29 is 0 Å². The Hall–Kier alpha value is -8.22. The molecule has 1 atom stereocenters. The van der Waals surface area contributed by atoms with Gasteiger partial charge in [0.2, 0.25) is 0 Å². The van der Waals surface area contributed by atoms with Crippen LogP contribution in [0, 0.1) is 0 Å². The number of rotatable bonds is 7. The zero-order chi connectivity index (χ0) is 41.0. The largest absolute Gasteiger partial charge is 0.309 e. The Morgan fingerprint density at radius 3 is 1.84 bits per heavy atom. The van der Waals surface area contributed by atoms with Crippen molar-refractivity contribution in [3.63, 3.8) is 0 Å². The van der Waals surface area contributed by atoms with Gasteiger partial charge in [-0.05, 0) is 77.7 Å². The van der Waals surface area contributed by atoms with Gasteiger partial charge in [-0.2, -0.15) is 0 Å². The van der Waals surface area contributed by atoms with E-state index in [9.17, 15) is 0 Å². The fraction of sp³-hybridized carbons (Fsp3) is 0.0357. The average molecular weight is 795 g/mol. The first-order valence-corrected chi connectivity index (χ1v) is 21.1. The van der Waals surface area contributed by atoms with Gasteiger partial charge in [-0.1, -0.05) is 146 Å². The van der Waals surface area contributed by atoms with Crippen LogP contribution in [0.2, 0.25) is 0 Å². The van der Waals surface area contributed by atoms with Crippen molar-refractivity contribution in [3.05, 3.63) is 218 Å². The van der Waals surface area contributed by atoms with Gasteiger partial charge in [0.05, 0.1) is 22.1 Å². The molecule has 62 heavy (non-hydrogen) atoms. The fourth-order valence-electron chi connectivity index (χ4n) is 9.23. The molecule has 6 heteroatoms. The van der Waals surface area contributed by atoms with Crippen LogP contribution >= 0.6 is 0 Å². The lowest BCUT2D eigenvalue weighted by Gasteiger charge is -2.14. The molecule has 0 aliphatic heterocycles. The fourth-order valence-corrected chi connectivity index (χ4v) is 9.23. The summed E-state index contributed by atoms with van der Waals surface area (Å²) in [6.07, 6.45) is 13.1. The Morgan fingerprint density at radius 2 is 1.05 bits per heavy atom. The molecule has 4 aromatic heterocycles. The minimum atomic E-state index is 0.0746. The minimum absolute atomic E-state index is 0.0746. The summed E-state index contributed by atoms with van der Waals surface area (Å²) in [7, 11) is 0. The van der Waals surface area contributed by atoms with Crippen molar-refractivity contribution in [2.24, 2.45) is 0 Å². The van der Waals surface area contributed by atoms with Crippen molar-refractivity contribution >= 4 is 43.6 Å². The van der Waals surface area contributed by atoms with E-state index in [2.05, 4.69) is 179 Å². The van der Waals surface area contributed by atoms with Gasteiger partial charge < -0.3 is 9.13 Å². The molecule has 1 unspecified atom stereocenters. The van der Waals surface area contributed by atoms with Crippen LogP contribution in [0.4, 0.5) is 0 Å². The highest BCUT2D eigenvalue weighted by Gasteiger charge is 2.20. The Balaban J connectivity index is 0.950. The second-order valence-corrected chi connectivity index (χ2v) is 15.8. The summed E-state index contributed by atoms with van der Waals surface area (Å²) in [5, 5.41) is 4.85. The number of nitrogens with zero attached hydrogens (tertiary/aromatic N) is 6. The van der Waals surface area contributed by atoms with Crippen LogP contribution in [0.3, 0.4) is 0 Å². The van der Waals surface area contributed by atoms with Gasteiger partial charge in [0.1, 0.15) is 5.82 Å². The van der Waals surface area contributed by atoms with E-state index in [1.165, 1.54) is 38.1 Å². The van der Waals surface area contributed by atoms with E-state index >= 15 is 0 Å². The van der Waals surface area contributed by atoms with Gasteiger partial charge in [-0.25, -0.2) is 15.0 Å². The molecular formula is C56H38N6. The maximum Gasteiger partial charge on any atom is 0.165 e. The predicted octanol–water partition coefficient (Wildman–Crippen LogP) is 13.7. The maximum absolute atomic E-state index is 5.06. The third-order valence-electron chi connectivity index (χ3n) is 12.1. The van der Waals surface area contributed by atoms with Crippen molar-refractivity contribution in [1.29, 1.82) is 0 Å². The Kier molecular flexibility index (Phi) is 8.52. The molecule has 0 amide bonds. The minimum Gasteiger partial charge on any atom is -0.309 e. The summed E-state index contributed by atoms with van der Waals surface area (Å²) >= 11 is 0. The first-order chi connectivity index (χ1) is 30.7. The molecule has 0 bridgehead atoms. The van der Waals surface area contributed by atoms with E-state index in [1.54, 1.807) is 0 Å². The van der Waals surface area contributed by atoms with Crippen LogP contribution in [0.1, 0.15) is 18.2 Å². The lowest BCUT2D eigenvalue weighted by atomic mass is 9.99. The molecular weight excluding hydrogens is 757 g/mol. The van der Waals surface area contributed by atoms with Gasteiger partial charge >= 0.3 is 0 Å². The Morgan fingerprint density at radius 1 is 0.419 bits per heavy atom. The highest BCUT2D eigenvalue weighted by Crippen LogP contribution is 2.40. The molecule has 4 heterocycles. The number of aromatic nitrogens is 6. The quantitative estimate of drug-likeness (QED) is 0.161. The molecule has 0 N–H and O–H groups in total. The second kappa shape index (κ2) is 14.8. The molecule has 12 rings (SSSR count). The highest BCUT2D eigenvalue weighted by molar-refractivity contribution is 6.16. The van der Waals surface area contributed by atoms with Gasteiger partial charge in [0.15, 0.2) is 11.6 Å². The topological polar surface area (TPSA) is 61.4 Å². The smallest absolute Gasteiger partial charge is 0.165 e. The molecule has 292 valence electrons. The summed E-state index contributed by atoms with van der Waals surface area (Å²) in [6.45, 7) is 0. The van der Waals surface area contributed by atoms with Gasteiger partial charge in [-0.15, -0.1) is 0 Å². The van der Waals surface area contributed by atoms with Gasteiger partial charge in [0, 0.05) is 67.9 Å². The maximum atomic E-state index is 5.06. The SMILES string of the molecule is C1=CCC(c2nc(-c3ccccc3)nc(-c3cncc(-c4cccc5c4c4ccccc4n5-c4ccc(-c5ccc6c7ccccc7n(-c7ccccc7)c6c5)cc4)c3)n2)C=C1. The molecule has 7 aromatic carbocycles. The average Bonchev–Trinajstić information content (AvgIpc) is 3.87. The molecule has 0 spiro atoms. The number of hydrogen-bond donors (Lipinski definition) is 0. The zero-order valence-electron chi connectivity index (χ0n) is 33.7. The third kappa shape index (κ3) is 6.03. The summed E-state index contributed by atoms with van der Waals surface area (Å²) < 4.78 is 4.75. The van der Waals surface area contributed by atoms with E-state index in [0.717, 1.165) is 62.5 Å². The molecule has 0 saturated heterocycles. The van der Waals surface area contributed by atoms with Crippen LogP contribution in [-0.2, 0) is 0 Å². The number of pyridine rings is 1. The summed E-state index contributed by atoms with van der Waals surface area (Å²) in [5.41, 5.74) is 13.2. The first-order valence-electron chi connectivity index (χ1n) is 21.1. The van der Waals surface area contributed by atoms with Crippen LogP contribution in [0.5, 0.6) is 0 Å². The van der Waals surface area contributed by atoms with E-state index in [-0.39, 0.29) is 5.92 Å². The van der Waals surface area contributed by atoms with Crippen LogP contribution in [0.15, 0.2) is 213 Å². The number of para-hydroxylation sites is 3. The number of benzene rings is 7. The highest BCUT2D eigenvalue weighted by atomic mass is 15.0. The Bertz CT molecular complexity index is 3540. The number of fused-ring (bicyclic) bond motifs is 6. The number of hydrogen-bond acceptors (Lipinski definition) is 4. The molecule has 0 saturated carbocycles. The van der Waals surface area contributed by atoms with Crippen molar-refractivity contribution in [2.75, 3.05) is 0 Å². The molecule has 0 fully saturated rings. The summed E-state index contributed by atoms with van der Waals surface area (Å²) in [4.78, 5) is 19.8. The van der Waals surface area contributed by atoms with Gasteiger partial charge in [0.25, 0.3) is 0 Å². The van der Waals surface area contributed by atoms with Crippen molar-refractivity contribution in [2.45, 2.75) is 12.3 Å². The second-order valence-electron chi connectivity index (χ2n) is 15.8. The van der Waals surface area contributed by atoms with E-state index in [0.29, 0.717) is 11.6 Å². The predicted molar refractivity (Wildman–Crippen MR) is 254 cm³/mol. The summed E-state index contributed by atoms with van der Waals surface area (Å²) in [6, 6.07) is 62.7. The third-order valence-corrected chi connectivity index (χ3v) is 12.1. The van der Waals surface area contributed by atoms with Gasteiger partial charge in [-0.3, -0.25) is 4.98 Å². The van der Waals surface area contributed by atoms with E-state index in [4.69, 9.17) is 19.9 Å². The monoisotopic (exact) mass is 794 g/mol. The normalized spacial score (nSPS) is 13.8. The molecule has 11 aromatic rings. The summed E-state index contributed by atoms with van der Waals surface area (Å²) in [5.74, 6) is 2.10. The van der Waals surface area contributed by atoms with E-state index < -0.39 is 0 Å². The molecule has 0 radical (unpaired) electrons. The van der Waals surface area contributed by atoms with E-state index in [1.807, 2.05) is 42.7 Å². The molecule has 1 aliphatic rings. The Labute approximate surface area is 358 Å². The van der Waals surface area contributed by atoms with Crippen LogP contribution in [-0.4, -0.2) is 29.1 Å². The van der Waals surface area contributed by atoms with Crippen LogP contribution < -0.4 is 0 Å². The van der Waals surface area contributed by atoms with Crippen molar-refractivity contribution in [1.82, 2.24) is 29.1 Å². The molecule has 6 nitrogen and oxygen atoms in total. The first kappa shape index (κ1) is 35.7. The molecule has 1 aliphatic carbocycles. The standard InChI is InChI=1S/C56H38N6/c1-4-15-38(16-5-1)54-58-55(39-17-6-2-7-18-39)60-56(59-54)42-33-41(35-57-36-42)45-23-14-26-51-53(45)48-22-11-13-25-50(48)61(51)44-30-27-37(28-31-44)40-29-32-47-46-21-10-12-24-49(46)62(52(47)34-40)43-19-8-3-9-20-43/h1-17,19-36,39H,18H2. The van der Waals surface area contributed by atoms with Crippen molar-refractivity contribution in [3.8, 4) is 56.4 Å². The van der Waals surface area contributed by atoms with Crippen LogP contribution in [0.25, 0.3) is 100 Å². The zero-order valence-corrected chi connectivity index (χ0v) is 33.7. The lowest BCUT2D eigenvalue weighted by Crippen LogP contribution is -2.08. The lowest BCUT2D eigenvalue weighted by molar-refractivity contribution is 0.764.